The minimum Gasteiger partial charge on any atom is -0.494 e. The second-order valence-corrected chi connectivity index (χ2v) is 5.22. The summed E-state index contributed by atoms with van der Waals surface area (Å²) >= 11 is 0. The summed E-state index contributed by atoms with van der Waals surface area (Å²) in [4.78, 5) is 9.29. The minimum atomic E-state index is 0.759. The molecule has 0 saturated heterocycles. The van der Waals surface area contributed by atoms with Crippen LogP contribution in [0.15, 0.2) is 77.9 Å². The summed E-state index contributed by atoms with van der Waals surface area (Å²) in [6.07, 6.45) is 1.78. The first kappa shape index (κ1) is 15.0. The molecule has 0 radical (unpaired) electrons. The van der Waals surface area contributed by atoms with Crippen molar-refractivity contribution in [2.45, 2.75) is 6.92 Å². The van der Waals surface area contributed by atoms with Gasteiger partial charge < -0.3 is 4.74 Å². The third-order valence-corrected chi connectivity index (χ3v) is 3.52. The Morgan fingerprint density at radius 3 is 2.43 bits per heavy atom. The molecule has 3 rings (SSSR count). The van der Waals surface area contributed by atoms with Crippen LogP contribution in [-0.4, -0.2) is 17.8 Å². The van der Waals surface area contributed by atoms with Crippen molar-refractivity contribution in [1.29, 1.82) is 0 Å². The summed E-state index contributed by atoms with van der Waals surface area (Å²) in [7, 11) is 1.66. The van der Waals surface area contributed by atoms with E-state index in [9.17, 15) is 0 Å². The topological polar surface area (TPSA) is 34.5 Å². The Labute approximate surface area is 136 Å². The first-order chi connectivity index (χ1) is 11.3. The van der Waals surface area contributed by atoms with Crippen LogP contribution in [-0.2, 0) is 0 Å². The van der Waals surface area contributed by atoms with Gasteiger partial charge >= 0.3 is 0 Å². The van der Waals surface area contributed by atoms with Gasteiger partial charge in [-0.2, -0.15) is 0 Å². The molecule has 3 aromatic rings. The molecule has 23 heavy (non-hydrogen) atoms. The SMILES string of the molecule is COc1cc(C)ccc1N=C(c1ccccc1)c1ccccn1. The number of benzene rings is 2. The lowest BCUT2D eigenvalue weighted by molar-refractivity contribution is 0.416. The van der Waals surface area contributed by atoms with Crippen LogP contribution in [0.25, 0.3) is 0 Å². The molecule has 0 N–H and O–H groups in total. The third kappa shape index (κ3) is 3.46. The first-order valence-corrected chi connectivity index (χ1v) is 7.48. The Balaban J connectivity index is 2.16. The molecule has 0 aliphatic carbocycles. The number of rotatable bonds is 4. The maximum absolute atomic E-state index is 5.47. The van der Waals surface area contributed by atoms with Crippen molar-refractivity contribution in [2.24, 2.45) is 4.99 Å². The fourth-order valence-corrected chi connectivity index (χ4v) is 2.37. The smallest absolute Gasteiger partial charge is 0.144 e. The zero-order chi connectivity index (χ0) is 16.1. The molecule has 0 spiro atoms. The highest BCUT2D eigenvalue weighted by atomic mass is 16.5. The summed E-state index contributed by atoms with van der Waals surface area (Å²) in [5, 5.41) is 0. The van der Waals surface area contributed by atoms with E-state index in [2.05, 4.69) is 4.98 Å². The summed E-state index contributed by atoms with van der Waals surface area (Å²) < 4.78 is 5.47. The normalized spacial score (nSPS) is 11.3. The summed E-state index contributed by atoms with van der Waals surface area (Å²) in [5.74, 6) is 0.759. The molecule has 114 valence electrons. The predicted octanol–water partition coefficient (Wildman–Crippen LogP) is 4.57. The molecule has 0 bridgehead atoms. The van der Waals surface area contributed by atoms with E-state index in [-0.39, 0.29) is 0 Å². The fraction of sp³-hybridized carbons (Fsp3) is 0.100. The Bertz CT molecular complexity index is 770. The van der Waals surface area contributed by atoms with Gasteiger partial charge in [-0.3, -0.25) is 4.98 Å². The number of aryl methyl sites for hydroxylation is 1. The zero-order valence-corrected chi connectivity index (χ0v) is 13.2. The van der Waals surface area contributed by atoms with E-state index in [1.807, 2.05) is 73.7 Å². The number of pyridine rings is 1. The molecular weight excluding hydrogens is 284 g/mol. The Hall–Kier alpha value is -2.94. The van der Waals surface area contributed by atoms with Crippen LogP contribution in [0.4, 0.5) is 5.69 Å². The first-order valence-electron chi connectivity index (χ1n) is 7.48. The van der Waals surface area contributed by atoms with Crippen molar-refractivity contribution in [1.82, 2.24) is 4.98 Å². The van der Waals surface area contributed by atoms with E-state index in [0.29, 0.717) is 0 Å². The number of nitrogens with zero attached hydrogens (tertiary/aromatic N) is 2. The van der Waals surface area contributed by atoms with Crippen molar-refractivity contribution >= 4 is 11.4 Å². The molecule has 0 atom stereocenters. The van der Waals surface area contributed by atoms with Crippen LogP contribution in [0, 0.1) is 6.92 Å². The number of aromatic nitrogens is 1. The molecule has 3 nitrogen and oxygen atoms in total. The summed E-state index contributed by atoms with van der Waals surface area (Å²) in [6.45, 7) is 2.03. The van der Waals surface area contributed by atoms with Gasteiger partial charge in [0.05, 0.1) is 18.5 Å². The van der Waals surface area contributed by atoms with E-state index >= 15 is 0 Å². The molecule has 0 aliphatic rings. The highest BCUT2D eigenvalue weighted by Crippen LogP contribution is 2.29. The van der Waals surface area contributed by atoms with Crippen LogP contribution in [0.1, 0.15) is 16.8 Å². The van der Waals surface area contributed by atoms with Gasteiger partial charge in [0, 0.05) is 11.8 Å². The molecule has 0 fully saturated rings. The lowest BCUT2D eigenvalue weighted by atomic mass is 10.1. The van der Waals surface area contributed by atoms with E-state index in [0.717, 1.165) is 34.0 Å². The number of methoxy groups -OCH3 is 1. The molecule has 0 unspecified atom stereocenters. The Morgan fingerprint density at radius 2 is 1.74 bits per heavy atom. The lowest BCUT2D eigenvalue weighted by Gasteiger charge is -2.10. The molecule has 1 aromatic heterocycles. The van der Waals surface area contributed by atoms with Crippen LogP contribution < -0.4 is 4.74 Å². The molecule has 0 amide bonds. The van der Waals surface area contributed by atoms with Crippen molar-refractivity contribution < 1.29 is 4.74 Å². The van der Waals surface area contributed by atoms with Crippen molar-refractivity contribution in [3.05, 3.63) is 89.7 Å². The van der Waals surface area contributed by atoms with Gasteiger partial charge in [0.1, 0.15) is 11.4 Å². The fourth-order valence-electron chi connectivity index (χ4n) is 2.37. The van der Waals surface area contributed by atoms with Crippen molar-refractivity contribution in [2.75, 3.05) is 7.11 Å². The van der Waals surface area contributed by atoms with Gasteiger partial charge in [-0.1, -0.05) is 42.5 Å². The number of ether oxygens (including phenoxy) is 1. The van der Waals surface area contributed by atoms with Gasteiger partial charge in [0.2, 0.25) is 0 Å². The minimum absolute atomic E-state index is 0.759. The summed E-state index contributed by atoms with van der Waals surface area (Å²) in [6, 6.07) is 21.9. The molecule has 3 heteroatoms. The Morgan fingerprint density at radius 1 is 0.957 bits per heavy atom. The zero-order valence-electron chi connectivity index (χ0n) is 13.2. The molecule has 1 heterocycles. The van der Waals surface area contributed by atoms with E-state index in [1.54, 1.807) is 13.3 Å². The maximum atomic E-state index is 5.47. The number of hydrogen-bond acceptors (Lipinski definition) is 3. The van der Waals surface area contributed by atoms with Crippen LogP contribution in [0.3, 0.4) is 0 Å². The average Bonchev–Trinajstić information content (AvgIpc) is 2.62. The molecule has 2 aromatic carbocycles. The standard InChI is InChI=1S/C20H18N2O/c1-15-11-12-17(19(14-15)23-2)22-20(16-8-4-3-5-9-16)18-10-6-7-13-21-18/h3-14H,1-2H3. The van der Waals surface area contributed by atoms with Crippen LogP contribution in [0.5, 0.6) is 5.75 Å². The van der Waals surface area contributed by atoms with Gasteiger partial charge in [-0.05, 0) is 36.8 Å². The van der Waals surface area contributed by atoms with Crippen LogP contribution >= 0.6 is 0 Å². The van der Waals surface area contributed by atoms with Crippen molar-refractivity contribution in [3.63, 3.8) is 0 Å². The summed E-state index contributed by atoms with van der Waals surface area (Å²) in [5.41, 5.74) is 4.62. The quantitative estimate of drug-likeness (QED) is 0.662. The van der Waals surface area contributed by atoms with E-state index < -0.39 is 0 Å². The second-order valence-electron chi connectivity index (χ2n) is 5.22. The number of hydrogen-bond donors (Lipinski definition) is 0. The Kier molecular flexibility index (Phi) is 4.48. The molecular formula is C20H18N2O. The van der Waals surface area contributed by atoms with E-state index in [1.165, 1.54) is 0 Å². The van der Waals surface area contributed by atoms with Crippen molar-refractivity contribution in [3.8, 4) is 5.75 Å². The van der Waals surface area contributed by atoms with Gasteiger partial charge in [0.25, 0.3) is 0 Å². The largest absolute Gasteiger partial charge is 0.494 e. The average molecular weight is 302 g/mol. The lowest BCUT2D eigenvalue weighted by Crippen LogP contribution is -2.05. The van der Waals surface area contributed by atoms with Gasteiger partial charge in [0.15, 0.2) is 0 Å². The second kappa shape index (κ2) is 6.88. The highest BCUT2D eigenvalue weighted by molar-refractivity contribution is 6.12. The number of aliphatic imine (C=N–C) groups is 1. The van der Waals surface area contributed by atoms with Gasteiger partial charge in [-0.15, -0.1) is 0 Å². The molecule has 0 saturated carbocycles. The monoisotopic (exact) mass is 302 g/mol. The van der Waals surface area contributed by atoms with Gasteiger partial charge in [-0.25, -0.2) is 4.99 Å². The van der Waals surface area contributed by atoms with Crippen LogP contribution in [0.2, 0.25) is 0 Å². The van der Waals surface area contributed by atoms with E-state index in [4.69, 9.17) is 9.73 Å². The molecule has 0 aliphatic heterocycles. The highest BCUT2D eigenvalue weighted by Gasteiger charge is 2.10. The maximum Gasteiger partial charge on any atom is 0.144 e. The third-order valence-electron chi connectivity index (χ3n) is 3.52. The predicted molar refractivity (Wildman–Crippen MR) is 93.7 cm³/mol.